The highest BCUT2D eigenvalue weighted by molar-refractivity contribution is 6.01. The Bertz CT molecular complexity index is 801. The summed E-state index contributed by atoms with van der Waals surface area (Å²) in [7, 11) is 1.30. The third-order valence-electron chi connectivity index (χ3n) is 4.65. The van der Waals surface area contributed by atoms with Crippen molar-refractivity contribution in [1.82, 2.24) is 0 Å². The van der Waals surface area contributed by atoms with Crippen molar-refractivity contribution >= 4 is 23.3 Å². The van der Waals surface area contributed by atoms with E-state index in [-0.39, 0.29) is 17.6 Å². The molecule has 1 heterocycles. The number of hydrogen-bond acceptors (Lipinski definition) is 4. The van der Waals surface area contributed by atoms with Gasteiger partial charge in [-0.3, -0.25) is 4.79 Å². The number of esters is 1. The lowest BCUT2D eigenvalue weighted by atomic mass is 9.95. The molecule has 0 spiro atoms. The lowest BCUT2D eigenvalue weighted by Gasteiger charge is -2.33. The van der Waals surface area contributed by atoms with Crippen molar-refractivity contribution in [2.45, 2.75) is 12.8 Å². The fourth-order valence-electron chi connectivity index (χ4n) is 3.21. The van der Waals surface area contributed by atoms with Gasteiger partial charge in [-0.15, -0.1) is 0 Å². The molecule has 1 fully saturated rings. The van der Waals surface area contributed by atoms with Crippen molar-refractivity contribution in [2.24, 2.45) is 5.92 Å². The van der Waals surface area contributed by atoms with Gasteiger partial charge in [0.1, 0.15) is 5.82 Å². The van der Waals surface area contributed by atoms with Crippen molar-refractivity contribution in [3.8, 4) is 0 Å². The number of amides is 1. The summed E-state index contributed by atoms with van der Waals surface area (Å²) in [5.41, 5.74) is 1.34. The van der Waals surface area contributed by atoms with Crippen LogP contribution in [0.1, 0.15) is 23.2 Å². The summed E-state index contributed by atoms with van der Waals surface area (Å²) in [5.74, 6) is -1.05. The average molecular weight is 356 g/mol. The quantitative estimate of drug-likeness (QED) is 0.853. The number of rotatable bonds is 4. The monoisotopic (exact) mass is 356 g/mol. The molecule has 6 heteroatoms. The first-order chi connectivity index (χ1) is 12.6. The molecule has 136 valence electrons. The summed E-state index contributed by atoms with van der Waals surface area (Å²) < 4.78 is 18.7. The largest absolute Gasteiger partial charge is 0.465 e. The molecule has 1 aliphatic heterocycles. The van der Waals surface area contributed by atoms with Crippen molar-refractivity contribution in [3.63, 3.8) is 0 Å². The number of methoxy groups -OCH3 is 1. The standard InChI is InChI=1S/C20H21FN2O3/c1-26-20(25)15-6-2-4-8-17(15)22-19(24)14-10-12-23(13-11-14)18-9-5-3-7-16(18)21/h2-9,14H,10-13H2,1H3,(H,22,24). The zero-order valence-corrected chi connectivity index (χ0v) is 14.6. The van der Waals surface area contributed by atoms with Gasteiger partial charge in [-0.25, -0.2) is 9.18 Å². The Morgan fingerprint density at radius 2 is 1.73 bits per heavy atom. The Labute approximate surface area is 151 Å². The zero-order valence-electron chi connectivity index (χ0n) is 14.6. The minimum atomic E-state index is -0.490. The molecule has 1 N–H and O–H groups in total. The Kier molecular flexibility index (Phi) is 5.51. The summed E-state index contributed by atoms with van der Waals surface area (Å²) in [5, 5.41) is 2.83. The second-order valence-corrected chi connectivity index (χ2v) is 6.24. The molecule has 0 atom stereocenters. The number of nitrogens with zero attached hydrogens (tertiary/aromatic N) is 1. The van der Waals surface area contributed by atoms with Gasteiger partial charge in [0.25, 0.3) is 0 Å². The highest BCUT2D eigenvalue weighted by Gasteiger charge is 2.27. The topological polar surface area (TPSA) is 58.6 Å². The minimum absolute atomic E-state index is 0.130. The van der Waals surface area contributed by atoms with Crippen LogP contribution < -0.4 is 10.2 Å². The van der Waals surface area contributed by atoms with Gasteiger partial charge in [0.2, 0.25) is 5.91 Å². The van der Waals surface area contributed by atoms with Crippen molar-refractivity contribution in [3.05, 3.63) is 59.9 Å². The van der Waals surface area contributed by atoms with E-state index in [1.54, 1.807) is 42.5 Å². The van der Waals surface area contributed by atoms with Gasteiger partial charge in [0.15, 0.2) is 0 Å². The summed E-state index contributed by atoms with van der Waals surface area (Å²) in [6.07, 6.45) is 1.25. The Balaban J connectivity index is 1.63. The van der Waals surface area contributed by atoms with E-state index in [9.17, 15) is 14.0 Å². The Hall–Kier alpha value is -2.89. The van der Waals surface area contributed by atoms with E-state index in [1.165, 1.54) is 13.2 Å². The van der Waals surface area contributed by atoms with E-state index in [4.69, 9.17) is 4.74 Å². The molecule has 2 aromatic carbocycles. The molecular formula is C20H21FN2O3. The Morgan fingerprint density at radius 3 is 2.42 bits per heavy atom. The number of piperidine rings is 1. The average Bonchev–Trinajstić information content (AvgIpc) is 2.68. The first-order valence-electron chi connectivity index (χ1n) is 8.58. The van der Waals surface area contributed by atoms with Crippen LogP contribution in [0, 0.1) is 11.7 Å². The van der Waals surface area contributed by atoms with Gasteiger partial charge in [-0.1, -0.05) is 24.3 Å². The number of hydrogen-bond donors (Lipinski definition) is 1. The van der Waals surface area contributed by atoms with E-state index in [0.29, 0.717) is 42.9 Å². The van der Waals surface area contributed by atoms with Crippen LogP contribution in [-0.4, -0.2) is 32.1 Å². The normalized spacial score (nSPS) is 14.8. The van der Waals surface area contributed by atoms with Gasteiger partial charge >= 0.3 is 5.97 Å². The summed E-state index contributed by atoms with van der Waals surface area (Å²) >= 11 is 0. The molecule has 2 aromatic rings. The molecule has 0 bridgehead atoms. The maximum atomic E-state index is 13.9. The van der Waals surface area contributed by atoms with Gasteiger partial charge in [-0.05, 0) is 37.1 Å². The molecule has 0 saturated carbocycles. The number of nitrogens with one attached hydrogen (secondary N) is 1. The second kappa shape index (κ2) is 7.99. The van der Waals surface area contributed by atoms with Gasteiger partial charge < -0.3 is 15.0 Å². The van der Waals surface area contributed by atoms with Gasteiger partial charge in [-0.2, -0.15) is 0 Å². The van der Waals surface area contributed by atoms with Crippen LogP contribution in [0.25, 0.3) is 0 Å². The summed E-state index contributed by atoms with van der Waals surface area (Å²) in [6.45, 7) is 1.22. The molecule has 5 nitrogen and oxygen atoms in total. The van der Waals surface area contributed by atoms with Crippen molar-refractivity contribution in [1.29, 1.82) is 0 Å². The van der Waals surface area contributed by atoms with Gasteiger partial charge in [0.05, 0.1) is 24.0 Å². The number of carbonyl (C=O) groups excluding carboxylic acids is 2. The fraction of sp³-hybridized carbons (Fsp3) is 0.300. The van der Waals surface area contributed by atoms with Crippen LogP contribution >= 0.6 is 0 Å². The van der Waals surface area contributed by atoms with E-state index < -0.39 is 5.97 Å². The molecule has 3 rings (SSSR count). The Morgan fingerprint density at radius 1 is 1.08 bits per heavy atom. The lowest BCUT2D eigenvalue weighted by Crippen LogP contribution is -2.38. The number of carbonyl (C=O) groups is 2. The third kappa shape index (κ3) is 3.85. The summed E-state index contributed by atoms with van der Waals surface area (Å²) in [6, 6.07) is 13.4. The first kappa shape index (κ1) is 17.9. The molecule has 1 amide bonds. The predicted octanol–water partition coefficient (Wildman–Crippen LogP) is 3.47. The zero-order chi connectivity index (χ0) is 18.5. The van der Waals surface area contributed by atoms with Gasteiger partial charge in [0, 0.05) is 19.0 Å². The fourth-order valence-corrected chi connectivity index (χ4v) is 3.21. The highest BCUT2D eigenvalue weighted by atomic mass is 19.1. The maximum Gasteiger partial charge on any atom is 0.339 e. The van der Waals surface area contributed by atoms with Crippen LogP contribution in [-0.2, 0) is 9.53 Å². The SMILES string of the molecule is COC(=O)c1ccccc1NC(=O)C1CCN(c2ccccc2F)CC1. The maximum absolute atomic E-state index is 13.9. The number of ether oxygens (including phenoxy) is 1. The van der Waals surface area contributed by atoms with Crippen LogP contribution in [0.15, 0.2) is 48.5 Å². The third-order valence-corrected chi connectivity index (χ3v) is 4.65. The molecule has 0 radical (unpaired) electrons. The molecule has 0 aliphatic carbocycles. The number of anilines is 2. The predicted molar refractivity (Wildman–Crippen MR) is 97.7 cm³/mol. The minimum Gasteiger partial charge on any atom is -0.465 e. The van der Waals surface area contributed by atoms with Crippen LogP contribution in [0.5, 0.6) is 0 Å². The molecule has 26 heavy (non-hydrogen) atoms. The molecule has 1 aliphatic rings. The highest BCUT2D eigenvalue weighted by Crippen LogP contribution is 2.26. The second-order valence-electron chi connectivity index (χ2n) is 6.24. The van der Waals surface area contributed by atoms with E-state index >= 15 is 0 Å². The van der Waals surface area contributed by atoms with Crippen molar-refractivity contribution < 1.29 is 18.7 Å². The molecular weight excluding hydrogens is 335 g/mol. The first-order valence-corrected chi connectivity index (χ1v) is 8.58. The smallest absolute Gasteiger partial charge is 0.339 e. The van der Waals surface area contributed by atoms with Crippen LogP contribution in [0.2, 0.25) is 0 Å². The van der Waals surface area contributed by atoms with E-state index in [1.807, 2.05) is 4.90 Å². The van der Waals surface area contributed by atoms with Crippen LogP contribution in [0.4, 0.5) is 15.8 Å². The lowest BCUT2D eigenvalue weighted by molar-refractivity contribution is -0.120. The van der Waals surface area contributed by atoms with Crippen molar-refractivity contribution in [2.75, 3.05) is 30.4 Å². The van der Waals surface area contributed by atoms with Crippen LogP contribution in [0.3, 0.4) is 0 Å². The molecule has 0 unspecified atom stereocenters. The van der Waals surface area contributed by atoms with E-state index in [2.05, 4.69) is 5.32 Å². The molecule has 0 aromatic heterocycles. The number of benzene rings is 2. The molecule has 1 saturated heterocycles. The van der Waals surface area contributed by atoms with E-state index in [0.717, 1.165) is 0 Å². The number of para-hydroxylation sites is 2. The number of halogens is 1. The summed E-state index contributed by atoms with van der Waals surface area (Å²) in [4.78, 5) is 26.4.